The monoisotopic (exact) mass is 384 g/mol. The Labute approximate surface area is 173 Å². The normalized spacial score (nSPS) is 22.6. The van der Waals surface area contributed by atoms with E-state index in [1.165, 1.54) is 16.8 Å². The minimum Gasteiger partial charge on any atom is -0.497 e. The maximum Gasteiger partial charge on any atom is 0.119 e. The van der Waals surface area contributed by atoms with Gasteiger partial charge in [-0.15, -0.1) is 0 Å². The first-order valence-corrected chi connectivity index (χ1v) is 10.5. The van der Waals surface area contributed by atoms with Crippen molar-refractivity contribution < 1.29 is 4.74 Å². The van der Waals surface area contributed by atoms with E-state index in [1.54, 1.807) is 7.11 Å². The molecule has 3 heteroatoms. The lowest BCUT2D eigenvalue weighted by molar-refractivity contribution is 0.222. The lowest BCUT2D eigenvalue weighted by Gasteiger charge is -2.28. The summed E-state index contributed by atoms with van der Waals surface area (Å²) < 4.78 is 5.30. The van der Waals surface area contributed by atoms with Crippen LogP contribution in [0.4, 0.5) is 5.69 Å². The molecule has 1 saturated carbocycles. The zero-order valence-corrected chi connectivity index (χ0v) is 16.9. The molecule has 0 spiro atoms. The molecule has 0 aromatic heterocycles. The van der Waals surface area contributed by atoms with E-state index >= 15 is 0 Å². The maximum atomic E-state index is 5.30. The number of hydrogen-bond acceptors (Lipinski definition) is 3. The smallest absolute Gasteiger partial charge is 0.119 e. The molecule has 148 valence electrons. The van der Waals surface area contributed by atoms with Crippen molar-refractivity contribution in [2.75, 3.05) is 25.1 Å². The molecule has 0 radical (unpaired) electrons. The third-order valence-electron chi connectivity index (χ3n) is 6.46. The summed E-state index contributed by atoms with van der Waals surface area (Å²) in [5, 5.41) is 0. The largest absolute Gasteiger partial charge is 0.497 e. The van der Waals surface area contributed by atoms with Gasteiger partial charge in [-0.1, -0.05) is 60.7 Å². The summed E-state index contributed by atoms with van der Waals surface area (Å²) in [6, 6.07) is 31.0. The van der Waals surface area contributed by atoms with Gasteiger partial charge in [-0.3, -0.25) is 4.90 Å². The molecule has 0 amide bonds. The van der Waals surface area contributed by atoms with Crippen molar-refractivity contribution in [3.05, 3.63) is 96.1 Å². The van der Waals surface area contributed by atoms with Crippen molar-refractivity contribution in [2.45, 2.75) is 19.1 Å². The molecular formula is C26H28N2O. The van der Waals surface area contributed by atoms with Crippen molar-refractivity contribution in [3.8, 4) is 5.75 Å². The van der Waals surface area contributed by atoms with E-state index in [0.717, 1.165) is 43.8 Å². The molecule has 1 heterocycles. The predicted molar refractivity (Wildman–Crippen MR) is 118 cm³/mol. The Bertz CT molecular complexity index is 872. The molecule has 0 N–H and O–H groups in total. The molecule has 3 nitrogen and oxygen atoms in total. The Morgan fingerprint density at radius 2 is 1.28 bits per heavy atom. The average molecular weight is 385 g/mol. The molecule has 1 aliphatic heterocycles. The first-order chi connectivity index (χ1) is 14.3. The van der Waals surface area contributed by atoms with Crippen LogP contribution in [0, 0.1) is 11.8 Å². The molecule has 5 rings (SSSR count). The lowest BCUT2D eigenvalue weighted by atomic mass is 10.1. The average Bonchev–Trinajstić information content (AvgIpc) is 3.27. The van der Waals surface area contributed by atoms with Crippen LogP contribution in [0.15, 0.2) is 84.9 Å². The zero-order valence-electron chi connectivity index (χ0n) is 16.9. The fraction of sp³-hybridized carbons (Fsp3) is 0.308. The number of anilines is 1. The van der Waals surface area contributed by atoms with Gasteiger partial charge in [0.15, 0.2) is 0 Å². The second-order valence-electron chi connectivity index (χ2n) is 8.30. The van der Waals surface area contributed by atoms with E-state index in [2.05, 4.69) is 94.7 Å². The SMILES string of the molecule is COc1ccc(N2CC3C(C2)C3N(Cc2ccccc2)Cc2ccccc2)cc1. The fourth-order valence-corrected chi connectivity index (χ4v) is 4.94. The van der Waals surface area contributed by atoms with Crippen LogP contribution in [-0.2, 0) is 13.1 Å². The number of nitrogens with zero attached hydrogens (tertiary/aromatic N) is 2. The van der Waals surface area contributed by atoms with Gasteiger partial charge >= 0.3 is 0 Å². The minimum absolute atomic E-state index is 0.685. The highest BCUT2D eigenvalue weighted by molar-refractivity contribution is 5.51. The van der Waals surface area contributed by atoms with Crippen LogP contribution in [-0.4, -0.2) is 31.1 Å². The van der Waals surface area contributed by atoms with Gasteiger partial charge in [0, 0.05) is 37.9 Å². The number of methoxy groups -OCH3 is 1. The van der Waals surface area contributed by atoms with E-state index in [9.17, 15) is 0 Å². The van der Waals surface area contributed by atoms with Gasteiger partial charge in [0.05, 0.1) is 7.11 Å². The summed E-state index contributed by atoms with van der Waals surface area (Å²) in [6.07, 6.45) is 0. The van der Waals surface area contributed by atoms with E-state index in [-0.39, 0.29) is 0 Å². The second kappa shape index (κ2) is 7.92. The van der Waals surface area contributed by atoms with E-state index < -0.39 is 0 Å². The highest BCUT2D eigenvalue weighted by Crippen LogP contribution is 2.50. The fourth-order valence-electron chi connectivity index (χ4n) is 4.94. The summed E-state index contributed by atoms with van der Waals surface area (Å²) in [5.74, 6) is 2.46. The summed E-state index contributed by atoms with van der Waals surface area (Å²) in [4.78, 5) is 5.24. The first-order valence-electron chi connectivity index (χ1n) is 10.5. The lowest BCUT2D eigenvalue weighted by Crippen LogP contribution is -2.34. The first kappa shape index (κ1) is 18.3. The van der Waals surface area contributed by atoms with E-state index in [1.807, 2.05) is 0 Å². The van der Waals surface area contributed by atoms with Crippen molar-refractivity contribution in [2.24, 2.45) is 11.8 Å². The highest BCUT2D eigenvalue weighted by atomic mass is 16.5. The van der Waals surface area contributed by atoms with E-state index in [0.29, 0.717) is 6.04 Å². The Kier molecular flexibility index (Phi) is 4.99. The molecule has 3 aromatic rings. The van der Waals surface area contributed by atoms with Gasteiger partial charge in [0.25, 0.3) is 0 Å². The van der Waals surface area contributed by atoms with Gasteiger partial charge in [0.2, 0.25) is 0 Å². The number of piperidine rings is 1. The van der Waals surface area contributed by atoms with Crippen LogP contribution < -0.4 is 9.64 Å². The second-order valence-corrected chi connectivity index (χ2v) is 8.30. The number of hydrogen-bond donors (Lipinski definition) is 0. The summed E-state index contributed by atoms with van der Waals surface area (Å²) in [6.45, 7) is 4.36. The molecule has 1 aliphatic carbocycles. The Balaban J connectivity index is 1.28. The highest BCUT2D eigenvalue weighted by Gasteiger charge is 2.58. The molecule has 2 fully saturated rings. The van der Waals surface area contributed by atoms with Gasteiger partial charge in [-0.25, -0.2) is 0 Å². The third kappa shape index (κ3) is 3.88. The standard InChI is InChI=1S/C26H28N2O/c1-29-23-14-12-22(13-15-23)27-18-24-25(19-27)26(24)28(16-20-8-4-2-5-9-20)17-21-10-6-3-7-11-21/h2-15,24-26H,16-19H2,1H3. The summed E-state index contributed by atoms with van der Waals surface area (Å²) >= 11 is 0. The van der Waals surface area contributed by atoms with Crippen molar-refractivity contribution in [3.63, 3.8) is 0 Å². The maximum absolute atomic E-state index is 5.30. The molecule has 3 aromatic carbocycles. The van der Waals surface area contributed by atoms with Crippen LogP contribution in [0.3, 0.4) is 0 Å². The molecule has 0 bridgehead atoms. The predicted octanol–water partition coefficient (Wildman–Crippen LogP) is 4.83. The number of benzene rings is 3. The van der Waals surface area contributed by atoms with Crippen LogP contribution >= 0.6 is 0 Å². The molecule has 2 aliphatic rings. The molecule has 29 heavy (non-hydrogen) atoms. The van der Waals surface area contributed by atoms with Crippen LogP contribution in [0.5, 0.6) is 5.75 Å². The summed E-state index contributed by atoms with van der Waals surface area (Å²) in [5.41, 5.74) is 4.12. The summed E-state index contributed by atoms with van der Waals surface area (Å²) in [7, 11) is 1.72. The van der Waals surface area contributed by atoms with Gasteiger partial charge in [0.1, 0.15) is 5.75 Å². The number of fused-ring (bicyclic) bond motifs is 1. The van der Waals surface area contributed by atoms with Crippen molar-refractivity contribution >= 4 is 5.69 Å². The van der Waals surface area contributed by atoms with Crippen molar-refractivity contribution in [1.29, 1.82) is 0 Å². The Morgan fingerprint density at radius 3 is 1.76 bits per heavy atom. The van der Waals surface area contributed by atoms with Gasteiger partial charge in [-0.05, 0) is 47.2 Å². The van der Waals surface area contributed by atoms with Gasteiger partial charge < -0.3 is 9.64 Å². The molecule has 2 atom stereocenters. The van der Waals surface area contributed by atoms with Crippen molar-refractivity contribution in [1.82, 2.24) is 4.90 Å². The zero-order chi connectivity index (χ0) is 19.6. The number of ether oxygens (including phenoxy) is 1. The van der Waals surface area contributed by atoms with Gasteiger partial charge in [-0.2, -0.15) is 0 Å². The van der Waals surface area contributed by atoms with E-state index in [4.69, 9.17) is 4.74 Å². The van der Waals surface area contributed by atoms with Crippen LogP contribution in [0.1, 0.15) is 11.1 Å². The Hall–Kier alpha value is -2.78. The molecule has 1 saturated heterocycles. The molecular weight excluding hydrogens is 356 g/mol. The van der Waals surface area contributed by atoms with Crippen LogP contribution in [0.25, 0.3) is 0 Å². The quantitative estimate of drug-likeness (QED) is 0.580. The molecule has 2 unspecified atom stereocenters. The minimum atomic E-state index is 0.685. The topological polar surface area (TPSA) is 15.7 Å². The van der Waals surface area contributed by atoms with Crippen LogP contribution in [0.2, 0.25) is 0 Å². The number of rotatable bonds is 7. The third-order valence-corrected chi connectivity index (χ3v) is 6.46. The Morgan fingerprint density at radius 1 is 0.759 bits per heavy atom.